The van der Waals surface area contributed by atoms with Crippen molar-refractivity contribution in [2.45, 2.75) is 12.8 Å². The van der Waals surface area contributed by atoms with E-state index in [0.717, 1.165) is 25.6 Å². The molecule has 108 valence electrons. The van der Waals surface area contributed by atoms with Crippen molar-refractivity contribution in [3.8, 4) is 0 Å². The molecule has 2 aliphatic rings. The Morgan fingerprint density at radius 1 is 1.25 bits per heavy atom. The lowest BCUT2D eigenvalue weighted by Crippen LogP contribution is -2.49. The minimum absolute atomic E-state index is 0.0839. The number of carbonyl (C=O) groups is 1. The molecule has 3 rings (SSSR count). The third kappa shape index (κ3) is 2.93. The molecule has 4 nitrogen and oxygen atoms in total. The Bertz CT molecular complexity index is 508. The van der Waals surface area contributed by atoms with Gasteiger partial charge in [0.2, 0.25) is 0 Å². The SMILES string of the molecule is Nc1ccc(F)c(C(=O)N2CCN(CC3CC3)CC2)c1. The molecule has 1 amide bonds. The molecule has 0 aromatic heterocycles. The van der Waals surface area contributed by atoms with Crippen molar-refractivity contribution in [2.24, 2.45) is 5.92 Å². The summed E-state index contributed by atoms with van der Waals surface area (Å²) in [6.45, 7) is 4.24. The number of hydrogen-bond acceptors (Lipinski definition) is 3. The lowest BCUT2D eigenvalue weighted by molar-refractivity contribution is 0.0627. The summed E-state index contributed by atoms with van der Waals surface area (Å²) in [7, 11) is 0. The highest BCUT2D eigenvalue weighted by Crippen LogP contribution is 2.30. The van der Waals surface area contributed by atoms with Gasteiger partial charge in [-0.1, -0.05) is 0 Å². The van der Waals surface area contributed by atoms with Crippen molar-refractivity contribution in [1.29, 1.82) is 0 Å². The summed E-state index contributed by atoms with van der Waals surface area (Å²) in [5, 5.41) is 0. The van der Waals surface area contributed by atoms with E-state index in [0.29, 0.717) is 18.8 Å². The first kappa shape index (κ1) is 13.4. The number of nitrogens with two attached hydrogens (primary N) is 1. The van der Waals surface area contributed by atoms with Gasteiger partial charge in [0.15, 0.2) is 0 Å². The first-order valence-electron chi connectivity index (χ1n) is 7.20. The average molecular weight is 277 g/mol. The summed E-state index contributed by atoms with van der Waals surface area (Å²) in [5.41, 5.74) is 6.14. The Morgan fingerprint density at radius 2 is 1.95 bits per heavy atom. The van der Waals surface area contributed by atoms with E-state index in [1.54, 1.807) is 4.90 Å². The number of anilines is 1. The van der Waals surface area contributed by atoms with Gasteiger partial charge in [-0.05, 0) is 37.0 Å². The van der Waals surface area contributed by atoms with Crippen molar-refractivity contribution in [3.05, 3.63) is 29.6 Å². The van der Waals surface area contributed by atoms with E-state index in [1.807, 2.05) is 0 Å². The molecule has 0 radical (unpaired) electrons. The van der Waals surface area contributed by atoms with Crippen molar-refractivity contribution in [1.82, 2.24) is 9.80 Å². The van der Waals surface area contributed by atoms with Crippen LogP contribution in [0.3, 0.4) is 0 Å². The summed E-state index contributed by atoms with van der Waals surface area (Å²) < 4.78 is 13.7. The molecule has 2 fully saturated rings. The largest absolute Gasteiger partial charge is 0.399 e. The van der Waals surface area contributed by atoms with Crippen LogP contribution in [0.5, 0.6) is 0 Å². The van der Waals surface area contributed by atoms with Crippen LogP contribution in [0.1, 0.15) is 23.2 Å². The minimum atomic E-state index is -0.496. The van der Waals surface area contributed by atoms with Gasteiger partial charge >= 0.3 is 0 Å². The van der Waals surface area contributed by atoms with Crippen molar-refractivity contribution >= 4 is 11.6 Å². The number of halogens is 1. The maximum Gasteiger partial charge on any atom is 0.256 e. The highest BCUT2D eigenvalue weighted by molar-refractivity contribution is 5.95. The van der Waals surface area contributed by atoms with Crippen LogP contribution in [0.15, 0.2) is 18.2 Å². The molecule has 0 spiro atoms. The zero-order chi connectivity index (χ0) is 14.1. The van der Waals surface area contributed by atoms with Crippen LogP contribution in [0, 0.1) is 11.7 Å². The molecule has 1 aliphatic heterocycles. The van der Waals surface area contributed by atoms with Crippen LogP contribution in [0.4, 0.5) is 10.1 Å². The first-order valence-corrected chi connectivity index (χ1v) is 7.20. The molecular formula is C15H20FN3O. The number of carbonyl (C=O) groups excluding carboxylic acids is 1. The Kier molecular flexibility index (Phi) is 3.61. The van der Waals surface area contributed by atoms with E-state index in [1.165, 1.54) is 31.0 Å². The predicted octanol–water partition coefficient (Wildman–Crippen LogP) is 1.58. The fourth-order valence-electron chi connectivity index (χ4n) is 2.68. The molecule has 0 unspecified atom stereocenters. The van der Waals surface area contributed by atoms with E-state index < -0.39 is 5.82 Å². The summed E-state index contributed by atoms with van der Waals surface area (Å²) in [4.78, 5) is 16.4. The first-order chi connectivity index (χ1) is 9.63. The zero-order valence-corrected chi connectivity index (χ0v) is 11.5. The van der Waals surface area contributed by atoms with Crippen molar-refractivity contribution in [2.75, 3.05) is 38.5 Å². The molecule has 1 saturated carbocycles. The third-order valence-electron chi connectivity index (χ3n) is 4.09. The van der Waals surface area contributed by atoms with Crippen LogP contribution in [0.25, 0.3) is 0 Å². The summed E-state index contributed by atoms with van der Waals surface area (Å²) in [6.07, 6.45) is 2.68. The van der Waals surface area contributed by atoms with E-state index in [4.69, 9.17) is 5.73 Å². The number of amides is 1. The molecular weight excluding hydrogens is 257 g/mol. The number of benzene rings is 1. The lowest BCUT2D eigenvalue weighted by Gasteiger charge is -2.34. The number of rotatable bonds is 3. The molecule has 1 aromatic rings. The van der Waals surface area contributed by atoms with Gasteiger partial charge in [0.1, 0.15) is 5.82 Å². The van der Waals surface area contributed by atoms with Gasteiger partial charge < -0.3 is 10.6 Å². The van der Waals surface area contributed by atoms with Gasteiger partial charge in [-0.25, -0.2) is 4.39 Å². The van der Waals surface area contributed by atoms with Crippen LogP contribution < -0.4 is 5.73 Å². The fraction of sp³-hybridized carbons (Fsp3) is 0.533. The van der Waals surface area contributed by atoms with Gasteiger partial charge in [-0.3, -0.25) is 9.69 Å². The van der Waals surface area contributed by atoms with Gasteiger partial charge in [-0.15, -0.1) is 0 Å². The standard InChI is InChI=1S/C15H20FN3O/c16-14-4-3-12(17)9-13(14)15(20)19-7-5-18(6-8-19)10-11-1-2-11/h3-4,9,11H,1-2,5-8,10,17H2. The quantitative estimate of drug-likeness (QED) is 0.853. The normalized spacial score (nSPS) is 20.1. The van der Waals surface area contributed by atoms with Crippen molar-refractivity contribution in [3.63, 3.8) is 0 Å². The van der Waals surface area contributed by atoms with E-state index in [9.17, 15) is 9.18 Å². The molecule has 5 heteroatoms. The Balaban J connectivity index is 1.61. The Morgan fingerprint density at radius 3 is 2.60 bits per heavy atom. The number of nitrogen functional groups attached to an aromatic ring is 1. The second kappa shape index (κ2) is 5.40. The Hall–Kier alpha value is -1.62. The topological polar surface area (TPSA) is 49.6 Å². The zero-order valence-electron chi connectivity index (χ0n) is 11.5. The summed E-state index contributed by atoms with van der Waals surface area (Å²) >= 11 is 0. The van der Waals surface area contributed by atoms with Gasteiger partial charge in [0.05, 0.1) is 5.56 Å². The predicted molar refractivity (Wildman–Crippen MR) is 75.9 cm³/mol. The molecule has 1 aliphatic carbocycles. The molecule has 1 heterocycles. The van der Waals surface area contributed by atoms with Crippen molar-refractivity contribution < 1.29 is 9.18 Å². The maximum absolute atomic E-state index is 13.7. The second-order valence-corrected chi connectivity index (χ2v) is 5.78. The number of nitrogens with zero attached hydrogens (tertiary/aromatic N) is 2. The molecule has 0 bridgehead atoms. The van der Waals surface area contributed by atoms with Gasteiger partial charge in [0, 0.05) is 38.4 Å². The smallest absolute Gasteiger partial charge is 0.256 e. The summed E-state index contributed by atoms with van der Waals surface area (Å²) in [5.74, 6) is 0.120. The van der Waals surface area contributed by atoms with E-state index in [2.05, 4.69) is 4.90 Å². The summed E-state index contributed by atoms with van der Waals surface area (Å²) in [6, 6.07) is 4.15. The highest BCUT2D eigenvalue weighted by Gasteiger charge is 2.28. The maximum atomic E-state index is 13.7. The molecule has 0 atom stereocenters. The Labute approximate surface area is 118 Å². The van der Waals surface area contributed by atoms with E-state index >= 15 is 0 Å². The van der Waals surface area contributed by atoms with Crippen LogP contribution >= 0.6 is 0 Å². The molecule has 2 N–H and O–H groups in total. The minimum Gasteiger partial charge on any atom is -0.399 e. The van der Waals surface area contributed by atoms with E-state index in [-0.39, 0.29) is 11.5 Å². The average Bonchev–Trinajstić information content (AvgIpc) is 3.26. The van der Waals surface area contributed by atoms with Crippen LogP contribution in [-0.2, 0) is 0 Å². The van der Waals surface area contributed by atoms with Crippen LogP contribution in [-0.4, -0.2) is 48.4 Å². The van der Waals surface area contributed by atoms with Gasteiger partial charge in [-0.2, -0.15) is 0 Å². The fourth-order valence-corrected chi connectivity index (χ4v) is 2.68. The van der Waals surface area contributed by atoms with Crippen LogP contribution in [0.2, 0.25) is 0 Å². The highest BCUT2D eigenvalue weighted by atomic mass is 19.1. The lowest BCUT2D eigenvalue weighted by atomic mass is 10.1. The van der Waals surface area contributed by atoms with Gasteiger partial charge in [0.25, 0.3) is 5.91 Å². The number of hydrogen-bond donors (Lipinski definition) is 1. The monoisotopic (exact) mass is 277 g/mol. The third-order valence-corrected chi connectivity index (χ3v) is 4.09. The molecule has 20 heavy (non-hydrogen) atoms. The number of piperazine rings is 1. The molecule has 1 saturated heterocycles. The second-order valence-electron chi connectivity index (χ2n) is 5.78. The molecule has 1 aromatic carbocycles.